The highest BCUT2D eigenvalue weighted by atomic mass is 32.2. The van der Waals surface area contributed by atoms with Crippen LogP contribution in [0.25, 0.3) is 0 Å². The average molecular weight is 257 g/mol. The molecule has 0 aromatic carbocycles. The van der Waals surface area contributed by atoms with Crippen LogP contribution < -0.4 is 5.32 Å². The summed E-state index contributed by atoms with van der Waals surface area (Å²) in [6.45, 7) is 8.12. The smallest absolute Gasteiger partial charge is 0.0597 e. The lowest BCUT2D eigenvalue weighted by molar-refractivity contribution is 0.275. The van der Waals surface area contributed by atoms with E-state index >= 15 is 0 Å². The number of aryl methyl sites for hydroxylation is 2. The van der Waals surface area contributed by atoms with Gasteiger partial charge < -0.3 is 10.4 Å². The molecule has 0 aliphatic heterocycles. The largest absolute Gasteiger partial charge is 0.395 e. The molecule has 0 radical (unpaired) electrons. The minimum Gasteiger partial charge on any atom is -0.395 e. The van der Waals surface area contributed by atoms with Crippen LogP contribution in [-0.2, 0) is 13.1 Å². The maximum atomic E-state index is 9.22. The van der Waals surface area contributed by atoms with Gasteiger partial charge in [-0.05, 0) is 33.1 Å². The summed E-state index contributed by atoms with van der Waals surface area (Å²) >= 11 is 1.69. The fourth-order valence-corrected chi connectivity index (χ4v) is 2.50. The van der Waals surface area contributed by atoms with Crippen molar-refractivity contribution in [3.8, 4) is 0 Å². The molecule has 0 amide bonds. The van der Waals surface area contributed by atoms with Gasteiger partial charge in [0.25, 0.3) is 0 Å². The number of thioether (sulfide) groups is 1. The molecule has 0 saturated heterocycles. The summed E-state index contributed by atoms with van der Waals surface area (Å²) in [5, 5.41) is 17.3. The van der Waals surface area contributed by atoms with Crippen molar-refractivity contribution in [2.24, 2.45) is 0 Å². The van der Waals surface area contributed by atoms with Crippen molar-refractivity contribution in [3.63, 3.8) is 0 Å². The first-order chi connectivity index (χ1) is 8.12. The highest BCUT2D eigenvalue weighted by Gasteiger charge is 2.15. The molecule has 98 valence electrons. The van der Waals surface area contributed by atoms with Crippen LogP contribution >= 0.6 is 11.8 Å². The Balaban J connectivity index is 2.54. The maximum Gasteiger partial charge on any atom is 0.0597 e. The van der Waals surface area contributed by atoms with Gasteiger partial charge in [-0.3, -0.25) is 4.68 Å². The number of hydrogen-bond acceptors (Lipinski definition) is 4. The first-order valence-electron chi connectivity index (χ1n) is 6.02. The molecule has 0 spiro atoms. The third kappa shape index (κ3) is 4.01. The lowest BCUT2D eigenvalue weighted by Crippen LogP contribution is -2.37. The van der Waals surface area contributed by atoms with Crippen LogP contribution in [-0.4, -0.2) is 39.0 Å². The summed E-state index contributed by atoms with van der Waals surface area (Å²) in [6, 6.07) is 2.39. The molecule has 0 fully saturated rings. The Hall–Kier alpha value is -0.520. The minimum absolute atomic E-state index is 0.210. The summed E-state index contributed by atoms with van der Waals surface area (Å²) in [5.41, 5.74) is 2.26. The molecule has 4 nitrogen and oxygen atoms in total. The van der Waals surface area contributed by atoms with Gasteiger partial charge in [0.1, 0.15) is 0 Å². The Morgan fingerprint density at radius 3 is 2.82 bits per heavy atom. The van der Waals surface area contributed by atoms with Crippen LogP contribution in [0.5, 0.6) is 0 Å². The first kappa shape index (κ1) is 14.5. The van der Waals surface area contributed by atoms with Crippen molar-refractivity contribution in [1.29, 1.82) is 0 Å². The van der Waals surface area contributed by atoms with Crippen LogP contribution in [0.4, 0.5) is 0 Å². The van der Waals surface area contributed by atoms with E-state index < -0.39 is 0 Å². The minimum atomic E-state index is 0.210. The molecule has 17 heavy (non-hydrogen) atoms. The van der Waals surface area contributed by atoms with Crippen molar-refractivity contribution in [2.45, 2.75) is 45.2 Å². The SMILES string of the molecule is CCn1nc(C)cc1CNC(C)C(CO)SC. The van der Waals surface area contributed by atoms with Gasteiger partial charge >= 0.3 is 0 Å². The van der Waals surface area contributed by atoms with Gasteiger partial charge in [-0.1, -0.05) is 0 Å². The van der Waals surface area contributed by atoms with E-state index in [4.69, 9.17) is 0 Å². The van der Waals surface area contributed by atoms with Gasteiger partial charge in [-0.25, -0.2) is 0 Å². The summed E-state index contributed by atoms with van der Waals surface area (Å²) in [6.07, 6.45) is 2.03. The van der Waals surface area contributed by atoms with E-state index in [2.05, 4.69) is 30.3 Å². The van der Waals surface area contributed by atoms with Gasteiger partial charge in [0.05, 0.1) is 18.0 Å². The lowest BCUT2D eigenvalue weighted by atomic mass is 10.2. The van der Waals surface area contributed by atoms with Crippen LogP contribution in [0, 0.1) is 6.92 Å². The second-order valence-electron chi connectivity index (χ2n) is 4.22. The molecule has 1 aromatic rings. The van der Waals surface area contributed by atoms with E-state index in [-0.39, 0.29) is 17.9 Å². The number of nitrogens with zero attached hydrogens (tertiary/aromatic N) is 2. The highest BCUT2D eigenvalue weighted by Crippen LogP contribution is 2.11. The zero-order valence-corrected chi connectivity index (χ0v) is 11.9. The third-order valence-corrected chi connectivity index (χ3v) is 4.09. The Kier molecular flexibility index (Phi) is 6.02. The summed E-state index contributed by atoms with van der Waals surface area (Å²) in [5.74, 6) is 0. The van der Waals surface area contributed by atoms with Crippen molar-refractivity contribution >= 4 is 11.8 Å². The fraction of sp³-hybridized carbons (Fsp3) is 0.750. The Morgan fingerprint density at radius 2 is 2.29 bits per heavy atom. The van der Waals surface area contributed by atoms with Crippen LogP contribution in [0.3, 0.4) is 0 Å². The third-order valence-electron chi connectivity index (χ3n) is 2.93. The Labute approximate surface area is 108 Å². The predicted molar refractivity (Wildman–Crippen MR) is 73.3 cm³/mol. The van der Waals surface area contributed by atoms with E-state index in [9.17, 15) is 5.11 Å². The molecule has 2 atom stereocenters. The zero-order valence-electron chi connectivity index (χ0n) is 11.1. The second kappa shape index (κ2) is 7.03. The van der Waals surface area contributed by atoms with Gasteiger partial charge in [-0.15, -0.1) is 0 Å². The molecule has 2 N–H and O–H groups in total. The van der Waals surface area contributed by atoms with E-state index in [0.717, 1.165) is 18.8 Å². The Bertz CT molecular complexity index is 336. The van der Waals surface area contributed by atoms with Crippen molar-refractivity contribution in [2.75, 3.05) is 12.9 Å². The van der Waals surface area contributed by atoms with Crippen LogP contribution in [0.2, 0.25) is 0 Å². The predicted octanol–water partition coefficient (Wildman–Crippen LogP) is 1.41. The normalized spacial score (nSPS) is 14.9. The van der Waals surface area contributed by atoms with Crippen LogP contribution in [0.15, 0.2) is 6.07 Å². The summed E-state index contributed by atoms with van der Waals surface area (Å²) < 4.78 is 2.02. The van der Waals surface area contributed by atoms with Crippen molar-refractivity contribution in [1.82, 2.24) is 15.1 Å². The van der Waals surface area contributed by atoms with Gasteiger partial charge in [0, 0.05) is 24.4 Å². The van der Waals surface area contributed by atoms with Gasteiger partial charge in [-0.2, -0.15) is 16.9 Å². The van der Waals surface area contributed by atoms with Crippen LogP contribution in [0.1, 0.15) is 25.2 Å². The molecular weight excluding hydrogens is 234 g/mol. The molecule has 0 saturated carbocycles. The monoisotopic (exact) mass is 257 g/mol. The first-order valence-corrected chi connectivity index (χ1v) is 7.31. The topological polar surface area (TPSA) is 50.1 Å². The zero-order chi connectivity index (χ0) is 12.8. The molecule has 2 unspecified atom stereocenters. The molecule has 1 aromatic heterocycles. The molecule has 1 heterocycles. The molecule has 5 heteroatoms. The second-order valence-corrected chi connectivity index (χ2v) is 5.30. The molecule has 0 aliphatic rings. The number of nitrogens with one attached hydrogen (secondary N) is 1. The van der Waals surface area contributed by atoms with Gasteiger partial charge in [0.15, 0.2) is 0 Å². The quantitative estimate of drug-likeness (QED) is 0.775. The highest BCUT2D eigenvalue weighted by molar-refractivity contribution is 7.99. The summed E-state index contributed by atoms with van der Waals surface area (Å²) in [4.78, 5) is 0. The summed E-state index contributed by atoms with van der Waals surface area (Å²) in [7, 11) is 0. The number of rotatable bonds is 7. The molecule has 1 rings (SSSR count). The molecular formula is C12H23N3OS. The molecule has 0 aliphatic carbocycles. The number of aromatic nitrogens is 2. The standard InChI is InChI=1S/C12H23N3OS/c1-5-15-11(6-9(2)14-15)7-13-10(3)12(8-16)17-4/h6,10,12-13,16H,5,7-8H2,1-4H3. The van der Waals surface area contributed by atoms with Crippen molar-refractivity contribution < 1.29 is 5.11 Å². The van der Waals surface area contributed by atoms with E-state index in [1.54, 1.807) is 11.8 Å². The number of aliphatic hydroxyl groups is 1. The Morgan fingerprint density at radius 1 is 1.59 bits per heavy atom. The van der Waals surface area contributed by atoms with E-state index in [1.165, 1.54) is 5.69 Å². The van der Waals surface area contributed by atoms with Crippen molar-refractivity contribution in [3.05, 3.63) is 17.5 Å². The fourth-order valence-electron chi connectivity index (χ4n) is 1.85. The van der Waals surface area contributed by atoms with Gasteiger partial charge in [0.2, 0.25) is 0 Å². The lowest BCUT2D eigenvalue weighted by Gasteiger charge is -2.21. The molecule has 0 bridgehead atoms. The maximum absolute atomic E-state index is 9.22. The van der Waals surface area contributed by atoms with E-state index in [0.29, 0.717) is 0 Å². The van der Waals surface area contributed by atoms with E-state index in [1.807, 2.05) is 17.9 Å². The average Bonchev–Trinajstić information content (AvgIpc) is 2.68. The number of hydrogen-bond donors (Lipinski definition) is 2. The number of aliphatic hydroxyl groups excluding tert-OH is 1.